The molecule has 0 N–H and O–H groups in total. The molecule has 1 rings (SSSR count). The van der Waals surface area contributed by atoms with Gasteiger partial charge in [0, 0.05) is 5.75 Å². The number of unbranched alkanes of at least 4 members (excludes halogenated alkanes) is 2. The summed E-state index contributed by atoms with van der Waals surface area (Å²) in [5, 5.41) is 7.94. The fourth-order valence-electron chi connectivity index (χ4n) is 1.33. The zero-order valence-electron chi connectivity index (χ0n) is 8.19. The van der Waals surface area contributed by atoms with E-state index in [1.165, 1.54) is 29.4 Å². The van der Waals surface area contributed by atoms with Crippen LogP contribution in [0.4, 0.5) is 0 Å². The first-order valence-corrected chi connectivity index (χ1v) is 7.08. The van der Waals surface area contributed by atoms with Crippen LogP contribution in [-0.4, -0.2) is 25.2 Å². The van der Waals surface area contributed by atoms with Gasteiger partial charge in [0.25, 0.3) is 0 Å². The van der Waals surface area contributed by atoms with Crippen molar-refractivity contribution in [3.8, 4) is 0 Å². The summed E-state index contributed by atoms with van der Waals surface area (Å²) >= 11 is 6.61. The molecule has 1 heterocycles. The zero-order valence-corrected chi connectivity index (χ0v) is 11.2. The quantitative estimate of drug-likeness (QED) is 0.361. The molecule has 0 unspecified atom stereocenters. The standard InChI is InChI=1S/C9H16IN3S/c10-5-3-1-2-4-9-8-11-12-13(9)6-7-14/h8,14H,1-7H2. The summed E-state index contributed by atoms with van der Waals surface area (Å²) in [5.74, 6) is 0.824. The summed E-state index contributed by atoms with van der Waals surface area (Å²) in [7, 11) is 0. The van der Waals surface area contributed by atoms with Gasteiger partial charge in [0.15, 0.2) is 0 Å². The Balaban J connectivity index is 2.30. The van der Waals surface area contributed by atoms with Crippen LogP contribution in [0.15, 0.2) is 6.20 Å². The topological polar surface area (TPSA) is 30.7 Å². The van der Waals surface area contributed by atoms with Gasteiger partial charge in [0.2, 0.25) is 0 Å². The molecule has 0 spiro atoms. The van der Waals surface area contributed by atoms with Crippen molar-refractivity contribution in [2.45, 2.75) is 32.2 Å². The number of aryl methyl sites for hydroxylation is 2. The van der Waals surface area contributed by atoms with Crippen molar-refractivity contribution >= 4 is 35.2 Å². The fourth-order valence-corrected chi connectivity index (χ4v) is 2.06. The lowest BCUT2D eigenvalue weighted by Crippen LogP contribution is -2.06. The number of thiol groups is 1. The summed E-state index contributed by atoms with van der Waals surface area (Å²) < 4.78 is 3.21. The molecular formula is C9H16IN3S. The highest BCUT2D eigenvalue weighted by atomic mass is 127. The number of halogens is 1. The Labute approximate surface area is 104 Å². The van der Waals surface area contributed by atoms with E-state index in [2.05, 4.69) is 45.5 Å². The van der Waals surface area contributed by atoms with Gasteiger partial charge in [0.1, 0.15) is 0 Å². The Kier molecular flexibility index (Phi) is 6.59. The third-order valence-electron chi connectivity index (χ3n) is 2.08. The Morgan fingerprint density at radius 3 is 2.93 bits per heavy atom. The van der Waals surface area contributed by atoms with Crippen molar-refractivity contribution in [2.75, 3.05) is 10.2 Å². The molecule has 3 nitrogen and oxygen atoms in total. The number of aromatic nitrogens is 3. The Bertz CT molecular complexity index is 252. The van der Waals surface area contributed by atoms with Gasteiger partial charge in [-0.3, -0.25) is 0 Å². The first-order chi connectivity index (χ1) is 6.88. The number of hydrogen-bond acceptors (Lipinski definition) is 3. The lowest BCUT2D eigenvalue weighted by Gasteiger charge is -2.03. The molecule has 0 saturated carbocycles. The van der Waals surface area contributed by atoms with E-state index in [0.29, 0.717) is 0 Å². The van der Waals surface area contributed by atoms with Gasteiger partial charge < -0.3 is 0 Å². The molecule has 0 bridgehead atoms. The van der Waals surface area contributed by atoms with Crippen LogP contribution in [-0.2, 0) is 13.0 Å². The molecule has 0 aromatic carbocycles. The highest BCUT2D eigenvalue weighted by Gasteiger charge is 2.01. The van der Waals surface area contributed by atoms with Crippen LogP contribution in [0.25, 0.3) is 0 Å². The minimum Gasteiger partial charge on any atom is -0.249 e. The second kappa shape index (κ2) is 7.50. The van der Waals surface area contributed by atoms with Crippen LogP contribution in [0.5, 0.6) is 0 Å². The predicted octanol–water partition coefficient (Wildman–Crippen LogP) is 2.36. The molecule has 0 atom stereocenters. The maximum Gasteiger partial charge on any atom is 0.0725 e. The summed E-state index contributed by atoms with van der Waals surface area (Å²) in [6, 6.07) is 0. The minimum absolute atomic E-state index is 0.824. The third-order valence-corrected chi connectivity index (χ3v) is 3.04. The van der Waals surface area contributed by atoms with E-state index < -0.39 is 0 Å². The second-order valence-corrected chi connectivity index (χ2v) is 4.70. The number of nitrogens with zero attached hydrogens (tertiary/aromatic N) is 3. The molecule has 0 aliphatic carbocycles. The fraction of sp³-hybridized carbons (Fsp3) is 0.778. The maximum atomic E-state index is 4.19. The van der Waals surface area contributed by atoms with E-state index in [9.17, 15) is 0 Å². The van der Waals surface area contributed by atoms with Crippen LogP contribution in [0, 0.1) is 0 Å². The summed E-state index contributed by atoms with van der Waals surface area (Å²) in [4.78, 5) is 0. The van der Waals surface area contributed by atoms with Crippen molar-refractivity contribution in [3.63, 3.8) is 0 Å². The summed E-state index contributed by atoms with van der Waals surface area (Å²) in [6.07, 6.45) is 6.82. The van der Waals surface area contributed by atoms with Gasteiger partial charge in [0.05, 0.1) is 18.4 Å². The van der Waals surface area contributed by atoms with Gasteiger partial charge >= 0.3 is 0 Å². The van der Waals surface area contributed by atoms with Gasteiger partial charge in [-0.2, -0.15) is 12.6 Å². The molecule has 0 saturated heterocycles. The summed E-state index contributed by atoms with van der Waals surface area (Å²) in [5.41, 5.74) is 1.24. The van der Waals surface area contributed by atoms with Crippen molar-refractivity contribution in [2.24, 2.45) is 0 Å². The van der Waals surface area contributed by atoms with E-state index in [4.69, 9.17) is 0 Å². The van der Waals surface area contributed by atoms with Gasteiger partial charge in [-0.05, 0) is 23.7 Å². The Morgan fingerprint density at radius 1 is 1.36 bits per heavy atom. The Morgan fingerprint density at radius 2 is 2.21 bits per heavy atom. The lowest BCUT2D eigenvalue weighted by molar-refractivity contribution is 0.587. The lowest BCUT2D eigenvalue weighted by atomic mass is 10.2. The number of hydrogen-bond donors (Lipinski definition) is 1. The van der Waals surface area contributed by atoms with E-state index >= 15 is 0 Å². The van der Waals surface area contributed by atoms with E-state index in [1.54, 1.807) is 0 Å². The largest absolute Gasteiger partial charge is 0.249 e. The van der Waals surface area contributed by atoms with E-state index in [1.807, 2.05) is 10.9 Å². The summed E-state index contributed by atoms with van der Waals surface area (Å²) in [6.45, 7) is 0.866. The van der Waals surface area contributed by atoms with E-state index in [-0.39, 0.29) is 0 Å². The zero-order chi connectivity index (χ0) is 10.2. The SMILES string of the molecule is SCCn1nncc1CCCCCI. The molecule has 0 aliphatic rings. The first kappa shape index (κ1) is 12.3. The molecule has 1 aromatic rings. The van der Waals surface area contributed by atoms with Gasteiger partial charge in [-0.25, -0.2) is 4.68 Å². The number of alkyl halides is 1. The smallest absolute Gasteiger partial charge is 0.0725 e. The molecule has 0 radical (unpaired) electrons. The number of rotatable bonds is 7. The maximum absolute atomic E-state index is 4.19. The molecule has 5 heteroatoms. The van der Waals surface area contributed by atoms with Crippen LogP contribution in [0.3, 0.4) is 0 Å². The van der Waals surface area contributed by atoms with Crippen LogP contribution in [0.2, 0.25) is 0 Å². The first-order valence-electron chi connectivity index (χ1n) is 4.92. The molecule has 0 fully saturated rings. The van der Waals surface area contributed by atoms with Crippen molar-refractivity contribution < 1.29 is 0 Å². The normalized spacial score (nSPS) is 10.7. The van der Waals surface area contributed by atoms with Crippen LogP contribution >= 0.6 is 35.2 Å². The van der Waals surface area contributed by atoms with Crippen molar-refractivity contribution in [1.82, 2.24) is 15.0 Å². The molecule has 1 aromatic heterocycles. The third kappa shape index (κ3) is 4.16. The Hall–Kier alpha value is 0.220. The molecular weight excluding hydrogens is 309 g/mol. The minimum atomic E-state index is 0.824. The monoisotopic (exact) mass is 325 g/mol. The highest BCUT2D eigenvalue weighted by molar-refractivity contribution is 14.1. The molecule has 80 valence electrons. The average Bonchev–Trinajstić information content (AvgIpc) is 2.61. The highest BCUT2D eigenvalue weighted by Crippen LogP contribution is 2.06. The van der Waals surface area contributed by atoms with E-state index in [0.717, 1.165) is 18.7 Å². The van der Waals surface area contributed by atoms with Gasteiger partial charge in [-0.15, -0.1) is 5.10 Å². The van der Waals surface area contributed by atoms with Crippen molar-refractivity contribution in [1.29, 1.82) is 0 Å². The average molecular weight is 325 g/mol. The second-order valence-electron chi connectivity index (χ2n) is 3.17. The van der Waals surface area contributed by atoms with Crippen LogP contribution < -0.4 is 0 Å². The molecule has 0 amide bonds. The van der Waals surface area contributed by atoms with Gasteiger partial charge in [-0.1, -0.05) is 34.2 Å². The van der Waals surface area contributed by atoms with Crippen LogP contribution in [0.1, 0.15) is 25.0 Å². The molecule has 0 aliphatic heterocycles. The molecule has 14 heavy (non-hydrogen) atoms. The predicted molar refractivity (Wildman–Crippen MR) is 70.3 cm³/mol. The van der Waals surface area contributed by atoms with Crippen molar-refractivity contribution in [3.05, 3.63) is 11.9 Å².